The zero-order chi connectivity index (χ0) is 20.4. The Labute approximate surface area is 173 Å². The molecule has 1 amide bonds. The molecule has 0 aliphatic heterocycles. The van der Waals surface area contributed by atoms with Gasteiger partial charge in [0.25, 0.3) is 5.91 Å². The van der Waals surface area contributed by atoms with E-state index in [4.69, 9.17) is 0 Å². The summed E-state index contributed by atoms with van der Waals surface area (Å²) < 4.78 is 1.70. The maximum absolute atomic E-state index is 13.2. The SMILES string of the molecule is Cc1nc(-c2ccccc2)sc1C(=O)N(C)C(C)c1ccc(-n2cncn2)cc1. The number of rotatable bonds is 5. The van der Waals surface area contributed by atoms with Gasteiger partial charge < -0.3 is 4.90 Å². The van der Waals surface area contributed by atoms with Crippen molar-refractivity contribution >= 4 is 17.2 Å². The van der Waals surface area contributed by atoms with Gasteiger partial charge in [0.15, 0.2) is 0 Å². The van der Waals surface area contributed by atoms with Crippen LogP contribution in [0.4, 0.5) is 0 Å². The Balaban J connectivity index is 1.54. The second kappa shape index (κ2) is 7.97. The minimum absolute atomic E-state index is 0.0185. The van der Waals surface area contributed by atoms with E-state index in [-0.39, 0.29) is 11.9 Å². The monoisotopic (exact) mass is 403 g/mol. The summed E-state index contributed by atoms with van der Waals surface area (Å²) in [5.41, 5.74) is 3.77. The molecule has 1 atom stereocenters. The Hall–Kier alpha value is -3.32. The molecule has 0 saturated heterocycles. The van der Waals surface area contributed by atoms with Crippen LogP contribution in [0, 0.1) is 6.92 Å². The molecule has 0 saturated carbocycles. The average molecular weight is 404 g/mol. The summed E-state index contributed by atoms with van der Waals surface area (Å²) in [6, 6.07) is 17.9. The molecule has 2 aromatic carbocycles. The number of amides is 1. The van der Waals surface area contributed by atoms with Gasteiger partial charge in [0.1, 0.15) is 22.5 Å². The number of benzene rings is 2. The number of thiazole rings is 1. The molecule has 29 heavy (non-hydrogen) atoms. The van der Waals surface area contributed by atoms with Gasteiger partial charge in [-0.1, -0.05) is 42.5 Å². The molecule has 0 aliphatic rings. The molecule has 0 fully saturated rings. The molecule has 6 nitrogen and oxygen atoms in total. The van der Waals surface area contributed by atoms with Crippen LogP contribution in [0.3, 0.4) is 0 Å². The third-order valence-corrected chi connectivity index (χ3v) is 6.17. The summed E-state index contributed by atoms with van der Waals surface area (Å²) >= 11 is 1.44. The maximum Gasteiger partial charge on any atom is 0.266 e. The van der Waals surface area contributed by atoms with Gasteiger partial charge in [-0.25, -0.2) is 14.6 Å². The molecule has 4 aromatic rings. The lowest BCUT2D eigenvalue weighted by atomic mass is 10.1. The van der Waals surface area contributed by atoms with Crippen LogP contribution in [0.25, 0.3) is 16.3 Å². The van der Waals surface area contributed by atoms with E-state index in [2.05, 4.69) is 15.1 Å². The summed E-state index contributed by atoms with van der Waals surface area (Å²) in [4.78, 5) is 24.2. The van der Waals surface area contributed by atoms with Gasteiger partial charge in [0.2, 0.25) is 0 Å². The first-order valence-electron chi connectivity index (χ1n) is 9.29. The van der Waals surface area contributed by atoms with Crippen molar-refractivity contribution in [3.05, 3.63) is 83.4 Å². The zero-order valence-corrected chi connectivity index (χ0v) is 17.3. The van der Waals surface area contributed by atoms with Gasteiger partial charge >= 0.3 is 0 Å². The molecular weight excluding hydrogens is 382 g/mol. The standard InChI is InChI=1S/C22H21N5OS/c1-15-20(29-21(25-15)18-7-5-4-6-8-18)22(28)26(3)16(2)17-9-11-19(12-10-17)27-14-23-13-24-27/h4-14,16H,1-3H3. The van der Waals surface area contributed by atoms with Crippen molar-refractivity contribution in [3.8, 4) is 16.3 Å². The fraction of sp³-hybridized carbons (Fsp3) is 0.182. The highest BCUT2D eigenvalue weighted by Gasteiger charge is 2.23. The van der Waals surface area contributed by atoms with Gasteiger partial charge in [-0.15, -0.1) is 11.3 Å². The van der Waals surface area contributed by atoms with Crippen molar-refractivity contribution in [1.29, 1.82) is 0 Å². The molecule has 0 aliphatic carbocycles. The lowest BCUT2D eigenvalue weighted by Crippen LogP contribution is -2.29. The van der Waals surface area contributed by atoms with Crippen LogP contribution in [0.15, 0.2) is 67.3 Å². The third-order valence-electron chi connectivity index (χ3n) is 4.97. The van der Waals surface area contributed by atoms with E-state index >= 15 is 0 Å². The summed E-state index contributed by atoms with van der Waals surface area (Å²) in [5, 5.41) is 5.00. The second-order valence-corrected chi connectivity index (χ2v) is 7.82. The van der Waals surface area contributed by atoms with Crippen molar-refractivity contribution in [1.82, 2.24) is 24.6 Å². The lowest BCUT2D eigenvalue weighted by molar-refractivity contribution is 0.0746. The highest BCUT2D eigenvalue weighted by Crippen LogP contribution is 2.30. The Morgan fingerprint density at radius 1 is 1.10 bits per heavy atom. The predicted molar refractivity (Wildman–Crippen MR) is 114 cm³/mol. The Morgan fingerprint density at radius 3 is 2.48 bits per heavy atom. The van der Waals surface area contributed by atoms with E-state index in [0.717, 1.165) is 27.5 Å². The molecule has 0 N–H and O–H groups in total. The first kappa shape index (κ1) is 19.0. The predicted octanol–water partition coefficient (Wildman–Crippen LogP) is 4.53. The summed E-state index contributed by atoms with van der Waals surface area (Å²) in [7, 11) is 1.83. The van der Waals surface area contributed by atoms with Crippen molar-refractivity contribution in [2.24, 2.45) is 0 Å². The molecule has 2 heterocycles. The van der Waals surface area contributed by atoms with Crippen molar-refractivity contribution < 1.29 is 4.79 Å². The smallest absolute Gasteiger partial charge is 0.266 e. The van der Waals surface area contributed by atoms with Crippen molar-refractivity contribution in [2.75, 3.05) is 7.05 Å². The zero-order valence-electron chi connectivity index (χ0n) is 16.5. The summed E-state index contributed by atoms with van der Waals surface area (Å²) in [6.07, 6.45) is 3.16. The van der Waals surface area contributed by atoms with E-state index < -0.39 is 0 Å². The average Bonchev–Trinajstić information content (AvgIpc) is 3.43. The number of nitrogens with zero attached hydrogens (tertiary/aromatic N) is 5. The first-order chi connectivity index (χ1) is 14.0. The normalized spacial score (nSPS) is 12.0. The Bertz CT molecular complexity index is 1100. The van der Waals surface area contributed by atoms with E-state index in [9.17, 15) is 4.79 Å². The maximum atomic E-state index is 13.2. The van der Waals surface area contributed by atoms with Gasteiger partial charge in [-0.2, -0.15) is 5.10 Å². The number of carbonyl (C=O) groups excluding carboxylic acids is 1. The number of hydrogen-bond acceptors (Lipinski definition) is 5. The fourth-order valence-electron chi connectivity index (χ4n) is 3.11. The van der Waals surface area contributed by atoms with Gasteiger partial charge in [-0.05, 0) is 31.5 Å². The van der Waals surface area contributed by atoms with Crippen LogP contribution >= 0.6 is 11.3 Å². The molecule has 146 valence electrons. The van der Waals surface area contributed by atoms with Crippen LogP contribution in [0.2, 0.25) is 0 Å². The second-order valence-electron chi connectivity index (χ2n) is 6.82. The minimum Gasteiger partial charge on any atom is -0.334 e. The van der Waals surface area contributed by atoms with E-state index in [1.54, 1.807) is 15.9 Å². The largest absolute Gasteiger partial charge is 0.334 e. The summed E-state index contributed by atoms with van der Waals surface area (Å²) in [6.45, 7) is 3.92. The van der Waals surface area contributed by atoms with E-state index in [0.29, 0.717) is 4.88 Å². The fourth-order valence-corrected chi connectivity index (χ4v) is 4.16. The molecule has 0 radical (unpaired) electrons. The van der Waals surface area contributed by atoms with Crippen LogP contribution in [0.1, 0.15) is 33.9 Å². The Kier molecular flexibility index (Phi) is 5.22. The van der Waals surface area contributed by atoms with E-state index in [1.165, 1.54) is 17.7 Å². The lowest BCUT2D eigenvalue weighted by Gasteiger charge is -2.25. The number of hydrogen-bond donors (Lipinski definition) is 0. The molecule has 7 heteroatoms. The quantitative estimate of drug-likeness (QED) is 0.491. The van der Waals surface area contributed by atoms with Crippen molar-refractivity contribution in [2.45, 2.75) is 19.9 Å². The van der Waals surface area contributed by atoms with Crippen LogP contribution in [-0.4, -0.2) is 37.6 Å². The van der Waals surface area contributed by atoms with Gasteiger partial charge in [0, 0.05) is 12.6 Å². The third kappa shape index (κ3) is 3.82. The number of aromatic nitrogens is 4. The van der Waals surface area contributed by atoms with Crippen molar-refractivity contribution in [3.63, 3.8) is 0 Å². The molecule has 1 unspecified atom stereocenters. The Morgan fingerprint density at radius 2 is 1.83 bits per heavy atom. The molecule has 2 aromatic heterocycles. The molecule has 0 spiro atoms. The number of aryl methyl sites for hydroxylation is 1. The molecule has 4 rings (SSSR count). The minimum atomic E-state index is -0.0750. The number of carbonyl (C=O) groups is 1. The topological polar surface area (TPSA) is 63.9 Å². The highest BCUT2D eigenvalue weighted by molar-refractivity contribution is 7.17. The van der Waals surface area contributed by atoms with Crippen LogP contribution in [-0.2, 0) is 0 Å². The molecular formula is C22H21N5OS. The van der Waals surface area contributed by atoms with Gasteiger partial charge in [0.05, 0.1) is 17.4 Å². The van der Waals surface area contributed by atoms with Gasteiger partial charge in [-0.3, -0.25) is 4.79 Å². The first-order valence-corrected chi connectivity index (χ1v) is 10.1. The van der Waals surface area contributed by atoms with E-state index in [1.807, 2.05) is 75.5 Å². The summed E-state index contributed by atoms with van der Waals surface area (Å²) in [5.74, 6) is -0.0185. The molecule has 0 bridgehead atoms. The van der Waals surface area contributed by atoms with Crippen LogP contribution in [0.5, 0.6) is 0 Å². The van der Waals surface area contributed by atoms with Crippen LogP contribution < -0.4 is 0 Å². The highest BCUT2D eigenvalue weighted by atomic mass is 32.1.